The summed E-state index contributed by atoms with van der Waals surface area (Å²) in [6.07, 6.45) is -0.134. The van der Waals surface area contributed by atoms with Gasteiger partial charge in [-0.15, -0.1) is 0 Å². The van der Waals surface area contributed by atoms with Crippen molar-refractivity contribution >= 4 is 0 Å². The highest BCUT2D eigenvalue weighted by Gasteiger charge is 2.38. The molecule has 1 saturated heterocycles. The molecule has 0 amide bonds. The van der Waals surface area contributed by atoms with E-state index in [1.165, 1.54) is 10.8 Å². The van der Waals surface area contributed by atoms with Crippen LogP contribution in [0.1, 0.15) is 32.1 Å². The van der Waals surface area contributed by atoms with Crippen LogP contribution in [0.2, 0.25) is 0 Å². The van der Waals surface area contributed by atoms with Crippen LogP contribution in [0.5, 0.6) is 0 Å². The van der Waals surface area contributed by atoms with Crippen molar-refractivity contribution < 1.29 is 19.3 Å². The number of hydrogen-bond donors (Lipinski definition) is 2. The largest absolute Gasteiger partial charge is 0.394 e. The first-order chi connectivity index (χ1) is 10.5. The van der Waals surface area contributed by atoms with Crippen LogP contribution in [-0.4, -0.2) is 46.4 Å². The van der Waals surface area contributed by atoms with Crippen molar-refractivity contribution in [3.63, 3.8) is 0 Å². The summed E-state index contributed by atoms with van der Waals surface area (Å²) in [6.45, 7) is 5.53. The zero-order valence-electron chi connectivity index (χ0n) is 12.9. The summed E-state index contributed by atoms with van der Waals surface area (Å²) in [5.41, 5.74) is -0.553. The van der Waals surface area contributed by atoms with Crippen molar-refractivity contribution in [2.45, 2.75) is 51.9 Å². The molecule has 8 nitrogen and oxygen atoms in total. The summed E-state index contributed by atoms with van der Waals surface area (Å²) >= 11 is 0. The Morgan fingerprint density at radius 2 is 2.27 bits per heavy atom. The van der Waals surface area contributed by atoms with Crippen molar-refractivity contribution in [3.8, 4) is 0 Å². The van der Waals surface area contributed by atoms with Crippen LogP contribution in [0.15, 0.2) is 15.8 Å². The number of ether oxygens (including phenoxy) is 3. The molecule has 0 spiro atoms. The smallest absolute Gasteiger partial charge is 0.330 e. The first-order valence-corrected chi connectivity index (χ1v) is 7.31. The van der Waals surface area contributed by atoms with Gasteiger partial charge in [-0.25, -0.2) is 4.79 Å². The molecule has 8 heteroatoms. The molecule has 2 rings (SSSR count). The maximum atomic E-state index is 11.9. The van der Waals surface area contributed by atoms with Gasteiger partial charge in [-0.2, -0.15) is 0 Å². The summed E-state index contributed by atoms with van der Waals surface area (Å²) in [5, 5.41) is 9.42. The molecule has 0 bridgehead atoms. The lowest BCUT2D eigenvalue weighted by Crippen LogP contribution is -2.33. The molecule has 1 aromatic rings. The van der Waals surface area contributed by atoms with Crippen molar-refractivity contribution in [2.24, 2.45) is 0 Å². The van der Waals surface area contributed by atoms with E-state index in [0.717, 1.165) is 0 Å². The Morgan fingerprint density at radius 3 is 2.91 bits per heavy atom. The van der Waals surface area contributed by atoms with Gasteiger partial charge in [0.25, 0.3) is 5.56 Å². The number of H-pyrrole nitrogens is 1. The standard InChI is InChI=1S/C14H22N2O6/c1-4-20-9(3)21-10-5-12(22-11(10)7-17)16-6-8(2)13(18)15-14(16)19/h6,9-12,17H,4-5,7H2,1-3H3,(H,15,18,19)/t9?,10-,11+,12+/m1/s1. The molecule has 4 atom stereocenters. The number of hydrogen-bond acceptors (Lipinski definition) is 6. The number of aryl methyl sites for hydroxylation is 1. The molecule has 2 heterocycles. The quantitative estimate of drug-likeness (QED) is 0.710. The molecule has 1 aliphatic heterocycles. The molecular formula is C14H22N2O6. The van der Waals surface area contributed by atoms with Crippen LogP contribution in [0.4, 0.5) is 0 Å². The Hall–Kier alpha value is -1.48. The second-order valence-corrected chi connectivity index (χ2v) is 5.22. The lowest BCUT2D eigenvalue weighted by molar-refractivity contribution is -0.172. The van der Waals surface area contributed by atoms with Gasteiger partial charge in [-0.1, -0.05) is 0 Å². The fourth-order valence-corrected chi connectivity index (χ4v) is 2.50. The highest BCUT2D eigenvalue weighted by atomic mass is 16.7. The molecule has 1 aliphatic rings. The van der Waals surface area contributed by atoms with E-state index in [2.05, 4.69) is 4.98 Å². The fourth-order valence-electron chi connectivity index (χ4n) is 2.50. The van der Waals surface area contributed by atoms with E-state index in [1.54, 1.807) is 13.8 Å². The molecule has 124 valence electrons. The Kier molecular flexibility index (Phi) is 5.52. The van der Waals surface area contributed by atoms with Crippen molar-refractivity contribution in [1.82, 2.24) is 9.55 Å². The molecule has 22 heavy (non-hydrogen) atoms. The van der Waals surface area contributed by atoms with Gasteiger partial charge < -0.3 is 19.3 Å². The van der Waals surface area contributed by atoms with E-state index in [-0.39, 0.29) is 6.61 Å². The maximum absolute atomic E-state index is 11.9. The van der Waals surface area contributed by atoms with Crippen LogP contribution >= 0.6 is 0 Å². The van der Waals surface area contributed by atoms with Crippen LogP contribution < -0.4 is 11.2 Å². The van der Waals surface area contributed by atoms with Crippen LogP contribution in [0.25, 0.3) is 0 Å². The second kappa shape index (κ2) is 7.19. The molecule has 0 radical (unpaired) electrons. The van der Waals surface area contributed by atoms with Gasteiger partial charge in [0.2, 0.25) is 0 Å². The summed E-state index contributed by atoms with van der Waals surface area (Å²) < 4.78 is 18.0. The lowest BCUT2D eigenvalue weighted by atomic mass is 10.2. The first kappa shape index (κ1) is 16.9. The van der Waals surface area contributed by atoms with Crippen LogP contribution in [0.3, 0.4) is 0 Å². The van der Waals surface area contributed by atoms with Crippen molar-refractivity contribution in [1.29, 1.82) is 0 Å². The summed E-state index contributed by atoms with van der Waals surface area (Å²) in [6, 6.07) is 0. The summed E-state index contributed by atoms with van der Waals surface area (Å²) in [5.74, 6) is 0. The number of aromatic nitrogens is 2. The normalized spacial score (nSPS) is 26.3. The van der Waals surface area contributed by atoms with Crippen LogP contribution in [0, 0.1) is 6.92 Å². The Morgan fingerprint density at radius 1 is 1.55 bits per heavy atom. The van der Waals surface area contributed by atoms with E-state index in [1.807, 2.05) is 6.92 Å². The predicted octanol–water partition coefficient (Wildman–Crippen LogP) is -0.107. The first-order valence-electron chi connectivity index (χ1n) is 7.31. The summed E-state index contributed by atoms with van der Waals surface area (Å²) in [7, 11) is 0. The van der Waals surface area contributed by atoms with E-state index < -0.39 is 36.0 Å². The van der Waals surface area contributed by atoms with E-state index >= 15 is 0 Å². The lowest BCUT2D eigenvalue weighted by Gasteiger charge is -2.21. The average Bonchev–Trinajstić information content (AvgIpc) is 2.85. The molecule has 1 fully saturated rings. The molecule has 1 aromatic heterocycles. The topological polar surface area (TPSA) is 103 Å². The molecule has 2 N–H and O–H groups in total. The zero-order valence-corrected chi connectivity index (χ0v) is 12.9. The third-order valence-corrected chi connectivity index (χ3v) is 3.58. The number of aromatic amines is 1. The summed E-state index contributed by atoms with van der Waals surface area (Å²) in [4.78, 5) is 25.6. The molecule has 0 saturated carbocycles. The highest BCUT2D eigenvalue weighted by molar-refractivity contribution is 5.02. The second-order valence-electron chi connectivity index (χ2n) is 5.22. The highest BCUT2D eigenvalue weighted by Crippen LogP contribution is 2.30. The maximum Gasteiger partial charge on any atom is 0.330 e. The third-order valence-electron chi connectivity index (χ3n) is 3.58. The molecule has 1 unspecified atom stereocenters. The minimum Gasteiger partial charge on any atom is -0.394 e. The number of nitrogens with zero attached hydrogens (tertiary/aromatic N) is 1. The van der Waals surface area contributed by atoms with Gasteiger partial charge in [-0.05, 0) is 20.8 Å². The van der Waals surface area contributed by atoms with Crippen LogP contribution in [-0.2, 0) is 14.2 Å². The molecule has 0 aromatic carbocycles. The number of nitrogens with one attached hydrogen (secondary N) is 1. The minimum atomic E-state index is -0.598. The number of rotatable bonds is 6. The van der Waals surface area contributed by atoms with E-state index in [9.17, 15) is 14.7 Å². The zero-order chi connectivity index (χ0) is 16.3. The van der Waals surface area contributed by atoms with E-state index in [0.29, 0.717) is 18.6 Å². The Bertz CT molecular complexity index is 610. The van der Waals surface area contributed by atoms with Gasteiger partial charge in [0, 0.05) is 24.8 Å². The Balaban J connectivity index is 2.16. The molecule has 0 aliphatic carbocycles. The van der Waals surface area contributed by atoms with Gasteiger partial charge in [0.15, 0.2) is 6.29 Å². The number of aliphatic hydroxyl groups is 1. The van der Waals surface area contributed by atoms with Crippen molar-refractivity contribution in [3.05, 3.63) is 32.6 Å². The van der Waals surface area contributed by atoms with Gasteiger partial charge in [0.05, 0.1) is 12.7 Å². The molecular weight excluding hydrogens is 292 g/mol. The van der Waals surface area contributed by atoms with Gasteiger partial charge >= 0.3 is 5.69 Å². The SMILES string of the molecule is CCOC(C)O[C@@H]1C[C@@H](n2cc(C)c(=O)[nH]c2=O)O[C@H]1CO. The Labute approximate surface area is 127 Å². The fraction of sp³-hybridized carbons (Fsp3) is 0.714. The predicted molar refractivity (Wildman–Crippen MR) is 77.6 cm³/mol. The van der Waals surface area contributed by atoms with Gasteiger partial charge in [-0.3, -0.25) is 14.3 Å². The van der Waals surface area contributed by atoms with Gasteiger partial charge in [0.1, 0.15) is 12.3 Å². The monoisotopic (exact) mass is 314 g/mol. The van der Waals surface area contributed by atoms with E-state index in [4.69, 9.17) is 14.2 Å². The average molecular weight is 314 g/mol. The van der Waals surface area contributed by atoms with Crippen molar-refractivity contribution in [2.75, 3.05) is 13.2 Å². The minimum absolute atomic E-state index is 0.225. The third kappa shape index (κ3) is 3.64. The number of aliphatic hydroxyl groups excluding tert-OH is 1.